The van der Waals surface area contributed by atoms with Gasteiger partial charge >= 0.3 is 0 Å². The number of hydrogen-bond donors (Lipinski definition) is 2. The van der Waals surface area contributed by atoms with Crippen molar-refractivity contribution in [2.24, 2.45) is 21.7 Å². The van der Waals surface area contributed by atoms with E-state index in [2.05, 4.69) is 26.1 Å². The number of halogens is 1. The first-order valence-electron chi connectivity index (χ1n) is 6.75. The monoisotopic (exact) mass is 376 g/mol. The van der Waals surface area contributed by atoms with E-state index in [4.69, 9.17) is 20.9 Å². The van der Waals surface area contributed by atoms with Crippen molar-refractivity contribution in [2.45, 2.75) is 6.61 Å². The number of benzene rings is 2. The quantitative estimate of drug-likeness (QED) is 0.460. The number of nitrogens with zero attached hydrogens (tertiary/aromatic N) is 2. The van der Waals surface area contributed by atoms with Gasteiger partial charge in [-0.2, -0.15) is 5.10 Å². The zero-order valence-corrected chi connectivity index (χ0v) is 14.2. The third-order valence-corrected chi connectivity index (χ3v) is 3.40. The second-order valence-electron chi connectivity index (χ2n) is 4.59. The summed E-state index contributed by atoms with van der Waals surface area (Å²) in [5, 5.41) is 7.34. The third-order valence-electron chi connectivity index (χ3n) is 2.88. The molecule has 0 heterocycles. The molecule has 0 saturated carbocycles. The van der Waals surface area contributed by atoms with E-state index in [-0.39, 0.29) is 5.96 Å². The van der Waals surface area contributed by atoms with Gasteiger partial charge in [0.1, 0.15) is 6.61 Å². The van der Waals surface area contributed by atoms with Crippen molar-refractivity contribution in [1.29, 1.82) is 0 Å². The lowest BCUT2D eigenvalue weighted by Gasteiger charge is -2.11. The largest absolute Gasteiger partial charge is 0.493 e. The number of ether oxygens (including phenoxy) is 2. The van der Waals surface area contributed by atoms with Crippen LogP contribution in [0.3, 0.4) is 0 Å². The minimum absolute atomic E-state index is 0.0959. The van der Waals surface area contributed by atoms with Gasteiger partial charge in [0.2, 0.25) is 5.96 Å². The van der Waals surface area contributed by atoms with Gasteiger partial charge in [-0.1, -0.05) is 28.1 Å². The van der Waals surface area contributed by atoms with Crippen molar-refractivity contribution >= 4 is 28.1 Å². The fourth-order valence-corrected chi connectivity index (χ4v) is 2.05. The van der Waals surface area contributed by atoms with E-state index in [0.717, 1.165) is 15.6 Å². The molecule has 0 bridgehead atoms. The third kappa shape index (κ3) is 5.30. The lowest BCUT2D eigenvalue weighted by molar-refractivity contribution is 0.284. The van der Waals surface area contributed by atoms with Crippen LogP contribution in [0.2, 0.25) is 0 Å². The van der Waals surface area contributed by atoms with Crippen LogP contribution in [-0.2, 0) is 6.61 Å². The van der Waals surface area contributed by atoms with Crippen LogP contribution in [0.1, 0.15) is 11.1 Å². The summed E-state index contributed by atoms with van der Waals surface area (Å²) < 4.78 is 12.2. The Morgan fingerprint density at radius 1 is 1.13 bits per heavy atom. The summed E-state index contributed by atoms with van der Waals surface area (Å²) >= 11 is 3.40. The first kappa shape index (κ1) is 16.8. The molecule has 2 rings (SSSR count). The molecule has 6 nitrogen and oxygen atoms in total. The molecule has 2 aromatic carbocycles. The van der Waals surface area contributed by atoms with Crippen molar-refractivity contribution in [3.8, 4) is 11.5 Å². The van der Waals surface area contributed by atoms with Gasteiger partial charge in [-0.3, -0.25) is 0 Å². The van der Waals surface area contributed by atoms with Crippen LogP contribution in [0.25, 0.3) is 0 Å². The molecule has 0 atom stereocenters. The predicted octanol–water partition coefficient (Wildman–Crippen LogP) is 2.64. The molecule has 120 valence electrons. The van der Waals surface area contributed by atoms with E-state index in [0.29, 0.717) is 18.1 Å². The SMILES string of the molecule is COc1ccc(C=NN=C(N)N)cc1OCc1ccc(Br)cc1. The molecule has 0 unspecified atom stereocenters. The zero-order chi connectivity index (χ0) is 16.7. The van der Waals surface area contributed by atoms with Crippen LogP contribution >= 0.6 is 15.9 Å². The standard InChI is InChI=1S/C16H17BrN4O2/c1-22-14-7-4-12(9-20-21-16(18)19)8-15(14)23-10-11-2-5-13(17)6-3-11/h2-9H,10H2,1H3,(H4,18,19,21). The summed E-state index contributed by atoms with van der Waals surface area (Å²) in [7, 11) is 1.59. The van der Waals surface area contributed by atoms with Crippen molar-refractivity contribution in [1.82, 2.24) is 0 Å². The summed E-state index contributed by atoms with van der Waals surface area (Å²) in [6.07, 6.45) is 1.53. The molecule has 0 radical (unpaired) electrons. The van der Waals surface area contributed by atoms with Crippen LogP contribution in [-0.4, -0.2) is 19.3 Å². The Morgan fingerprint density at radius 2 is 1.87 bits per heavy atom. The molecule has 0 fully saturated rings. The predicted molar refractivity (Wildman–Crippen MR) is 94.9 cm³/mol. The molecule has 2 aromatic rings. The Labute approximate surface area is 142 Å². The second kappa shape index (κ2) is 8.19. The Morgan fingerprint density at radius 3 is 2.52 bits per heavy atom. The number of nitrogens with two attached hydrogens (primary N) is 2. The zero-order valence-electron chi connectivity index (χ0n) is 12.6. The van der Waals surface area contributed by atoms with Gasteiger partial charge in [-0.25, -0.2) is 0 Å². The molecule has 0 spiro atoms. The van der Waals surface area contributed by atoms with E-state index in [9.17, 15) is 0 Å². The summed E-state index contributed by atoms with van der Waals surface area (Å²) in [6, 6.07) is 13.3. The summed E-state index contributed by atoms with van der Waals surface area (Å²) in [6.45, 7) is 0.429. The maximum Gasteiger partial charge on any atom is 0.211 e. The van der Waals surface area contributed by atoms with Crippen molar-refractivity contribution in [2.75, 3.05) is 7.11 Å². The average molecular weight is 377 g/mol. The highest BCUT2D eigenvalue weighted by atomic mass is 79.9. The smallest absolute Gasteiger partial charge is 0.211 e. The molecule has 0 aliphatic carbocycles. The minimum atomic E-state index is -0.0959. The molecule has 7 heteroatoms. The number of rotatable bonds is 6. The lowest BCUT2D eigenvalue weighted by atomic mass is 10.2. The second-order valence-corrected chi connectivity index (χ2v) is 5.51. The molecular formula is C16H17BrN4O2. The average Bonchev–Trinajstić information content (AvgIpc) is 2.54. The summed E-state index contributed by atoms with van der Waals surface area (Å²) in [4.78, 5) is 0. The maximum atomic E-state index is 5.83. The molecule has 0 amide bonds. The molecule has 0 saturated heterocycles. The molecule has 23 heavy (non-hydrogen) atoms. The first-order chi connectivity index (χ1) is 11.1. The molecule has 4 N–H and O–H groups in total. The van der Waals surface area contributed by atoms with Gasteiger partial charge in [0.15, 0.2) is 11.5 Å². The highest BCUT2D eigenvalue weighted by molar-refractivity contribution is 9.10. The molecule has 0 aliphatic rings. The molecule has 0 aliphatic heterocycles. The van der Waals surface area contributed by atoms with Crippen LogP contribution in [0.5, 0.6) is 11.5 Å². The van der Waals surface area contributed by atoms with Gasteiger partial charge in [0.05, 0.1) is 13.3 Å². The van der Waals surface area contributed by atoms with E-state index in [1.54, 1.807) is 13.2 Å². The topological polar surface area (TPSA) is 95.2 Å². The Hall–Kier alpha value is -2.54. The fourth-order valence-electron chi connectivity index (χ4n) is 1.79. The van der Waals surface area contributed by atoms with E-state index in [1.165, 1.54) is 6.21 Å². The van der Waals surface area contributed by atoms with Crippen LogP contribution in [0, 0.1) is 0 Å². The van der Waals surface area contributed by atoms with E-state index in [1.807, 2.05) is 36.4 Å². The summed E-state index contributed by atoms with van der Waals surface area (Å²) in [5.74, 6) is 1.16. The van der Waals surface area contributed by atoms with Gasteiger partial charge in [-0.05, 0) is 41.5 Å². The maximum absolute atomic E-state index is 5.83. The number of guanidine groups is 1. The Bertz CT molecular complexity index is 711. The molecular weight excluding hydrogens is 360 g/mol. The highest BCUT2D eigenvalue weighted by Crippen LogP contribution is 2.28. The minimum Gasteiger partial charge on any atom is -0.493 e. The number of methoxy groups -OCH3 is 1. The Kier molecular flexibility index (Phi) is 5.99. The van der Waals surface area contributed by atoms with Gasteiger partial charge in [0, 0.05) is 4.47 Å². The highest BCUT2D eigenvalue weighted by Gasteiger charge is 2.06. The van der Waals surface area contributed by atoms with E-state index < -0.39 is 0 Å². The van der Waals surface area contributed by atoms with Crippen molar-refractivity contribution in [3.05, 3.63) is 58.1 Å². The fraction of sp³-hybridized carbons (Fsp3) is 0.125. The Balaban J connectivity index is 2.13. The van der Waals surface area contributed by atoms with E-state index >= 15 is 0 Å². The summed E-state index contributed by atoms with van der Waals surface area (Å²) in [5.41, 5.74) is 12.3. The first-order valence-corrected chi connectivity index (χ1v) is 7.55. The lowest BCUT2D eigenvalue weighted by Crippen LogP contribution is -2.21. The van der Waals surface area contributed by atoms with Gasteiger partial charge in [-0.15, -0.1) is 5.10 Å². The van der Waals surface area contributed by atoms with Crippen LogP contribution in [0.15, 0.2) is 57.1 Å². The molecule has 0 aromatic heterocycles. The van der Waals surface area contributed by atoms with Gasteiger partial charge < -0.3 is 20.9 Å². The van der Waals surface area contributed by atoms with Crippen LogP contribution in [0.4, 0.5) is 0 Å². The van der Waals surface area contributed by atoms with Gasteiger partial charge in [0.25, 0.3) is 0 Å². The normalized spacial score (nSPS) is 10.5. The van der Waals surface area contributed by atoms with Crippen LogP contribution < -0.4 is 20.9 Å². The van der Waals surface area contributed by atoms with Crippen molar-refractivity contribution in [3.63, 3.8) is 0 Å². The van der Waals surface area contributed by atoms with Crippen molar-refractivity contribution < 1.29 is 9.47 Å². The number of hydrogen-bond acceptors (Lipinski definition) is 4.